The summed E-state index contributed by atoms with van der Waals surface area (Å²) in [6, 6.07) is 10.5. The number of hydrogen-bond acceptors (Lipinski definition) is 4. The first-order chi connectivity index (χ1) is 7.84. The average Bonchev–Trinajstić information content (AvgIpc) is 2.72. The number of benzene rings is 1. The predicted octanol–water partition coefficient (Wildman–Crippen LogP) is 2.85. The van der Waals surface area contributed by atoms with Gasteiger partial charge in [0.1, 0.15) is 0 Å². The van der Waals surface area contributed by atoms with Crippen LogP contribution in [0.2, 0.25) is 0 Å². The van der Waals surface area contributed by atoms with Gasteiger partial charge in [-0.2, -0.15) is 16.7 Å². The minimum atomic E-state index is 0.711. The van der Waals surface area contributed by atoms with E-state index in [0.29, 0.717) is 5.82 Å². The van der Waals surface area contributed by atoms with E-state index in [-0.39, 0.29) is 0 Å². The van der Waals surface area contributed by atoms with Crippen LogP contribution in [0.15, 0.2) is 34.9 Å². The molecule has 0 unspecified atom stereocenters. The maximum atomic E-state index is 5.04. The molecule has 1 heterocycles. The number of aryl methyl sites for hydroxylation is 2. The Hall–Kier alpha value is -1.29. The van der Waals surface area contributed by atoms with Gasteiger partial charge in [-0.3, -0.25) is 0 Å². The molecule has 4 heteroatoms. The Morgan fingerprint density at radius 1 is 1.25 bits per heavy atom. The van der Waals surface area contributed by atoms with Crippen molar-refractivity contribution in [1.29, 1.82) is 0 Å². The highest BCUT2D eigenvalue weighted by Gasteiger charge is 2.01. The van der Waals surface area contributed by atoms with Crippen molar-refractivity contribution in [2.75, 3.05) is 5.75 Å². The van der Waals surface area contributed by atoms with Gasteiger partial charge in [0.15, 0.2) is 5.82 Å². The Labute approximate surface area is 99.3 Å². The van der Waals surface area contributed by atoms with Crippen LogP contribution in [0.1, 0.15) is 17.3 Å². The van der Waals surface area contributed by atoms with E-state index in [1.807, 2.05) is 24.8 Å². The van der Waals surface area contributed by atoms with Crippen LogP contribution in [0.4, 0.5) is 0 Å². The molecule has 1 aromatic carbocycles. The van der Waals surface area contributed by atoms with Crippen LogP contribution in [-0.4, -0.2) is 15.9 Å². The Morgan fingerprint density at radius 3 is 2.75 bits per heavy atom. The number of rotatable bonds is 5. The van der Waals surface area contributed by atoms with Crippen LogP contribution in [0.3, 0.4) is 0 Å². The topological polar surface area (TPSA) is 38.9 Å². The molecule has 0 amide bonds. The van der Waals surface area contributed by atoms with Crippen molar-refractivity contribution in [1.82, 2.24) is 10.1 Å². The molecule has 3 nitrogen and oxygen atoms in total. The molecular formula is C12H14N2OS. The minimum absolute atomic E-state index is 0.711. The lowest BCUT2D eigenvalue weighted by atomic mass is 10.2. The molecule has 84 valence electrons. The molecule has 2 aromatic rings. The molecule has 0 bridgehead atoms. The van der Waals surface area contributed by atoms with Crippen LogP contribution in [-0.2, 0) is 12.2 Å². The zero-order chi connectivity index (χ0) is 11.2. The molecule has 0 aliphatic carbocycles. The molecule has 1 aromatic heterocycles. The summed E-state index contributed by atoms with van der Waals surface area (Å²) in [6.07, 6.45) is 0.846. The number of hydrogen-bond donors (Lipinski definition) is 0. The lowest BCUT2D eigenvalue weighted by Crippen LogP contribution is -1.90. The first-order valence-electron chi connectivity index (χ1n) is 5.25. The Kier molecular flexibility index (Phi) is 3.99. The summed E-state index contributed by atoms with van der Waals surface area (Å²) in [5.41, 5.74) is 1.36. The van der Waals surface area contributed by atoms with Crippen LogP contribution in [0.5, 0.6) is 0 Å². The molecule has 0 spiro atoms. The first kappa shape index (κ1) is 11.2. The molecule has 0 aliphatic heterocycles. The van der Waals surface area contributed by atoms with Gasteiger partial charge in [-0.05, 0) is 12.5 Å². The fourth-order valence-electron chi connectivity index (χ4n) is 1.37. The fraction of sp³-hybridized carbons (Fsp3) is 0.333. The van der Waals surface area contributed by atoms with Gasteiger partial charge in [0, 0.05) is 17.9 Å². The molecule has 0 atom stereocenters. The molecule has 0 aliphatic rings. The number of nitrogens with zero attached hydrogens (tertiary/aromatic N) is 2. The smallest absolute Gasteiger partial charge is 0.227 e. The lowest BCUT2D eigenvalue weighted by Gasteiger charge is -1.99. The van der Waals surface area contributed by atoms with E-state index in [9.17, 15) is 0 Å². The molecule has 16 heavy (non-hydrogen) atoms. The van der Waals surface area contributed by atoms with Gasteiger partial charge in [0.25, 0.3) is 0 Å². The molecular weight excluding hydrogens is 220 g/mol. The van der Waals surface area contributed by atoms with Gasteiger partial charge < -0.3 is 4.52 Å². The standard InChI is InChI=1S/C12H14N2OS/c1-10-13-12(15-14-10)7-8-16-9-11-5-3-2-4-6-11/h2-6H,7-9H2,1H3. The van der Waals surface area contributed by atoms with E-state index in [1.54, 1.807) is 0 Å². The number of aromatic nitrogens is 2. The summed E-state index contributed by atoms with van der Waals surface area (Å²) in [5, 5.41) is 3.76. The van der Waals surface area contributed by atoms with E-state index in [4.69, 9.17) is 4.52 Å². The van der Waals surface area contributed by atoms with Gasteiger partial charge in [0.05, 0.1) is 0 Å². The molecule has 0 saturated carbocycles. The third kappa shape index (κ3) is 3.38. The third-order valence-corrected chi connectivity index (χ3v) is 3.17. The highest BCUT2D eigenvalue weighted by atomic mass is 32.2. The summed E-state index contributed by atoms with van der Waals surface area (Å²) in [6.45, 7) is 1.84. The highest BCUT2D eigenvalue weighted by Crippen LogP contribution is 2.13. The van der Waals surface area contributed by atoms with Crippen molar-refractivity contribution in [3.8, 4) is 0 Å². The van der Waals surface area contributed by atoms with E-state index >= 15 is 0 Å². The highest BCUT2D eigenvalue weighted by molar-refractivity contribution is 7.98. The Morgan fingerprint density at radius 2 is 2.06 bits per heavy atom. The molecule has 0 fully saturated rings. The van der Waals surface area contributed by atoms with Gasteiger partial charge >= 0.3 is 0 Å². The normalized spacial score (nSPS) is 10.6. The van der Waals surface area contributed by atoms with E-state index in [0.717, 1.165) is 23.8 Å². The monoisotopic (exact) mass is 234 g/mol. The summed E-state index contributed by atoms with van der Waals surface area (Å²) in [7, 11) is 0. The third-order valence-electron chi connectivity index (χ3n) is 2.14. The molecule has 0 N–H and O–H groups in total. The molecule has 0 radical (unpaired) electrons. The Balaban J connectivity index is 1.69. The zero-order valence-electron chi connectivity index (χ0n) is 9.22. The Bertz CT molecular complexity index is 428. The molecule has 2 rings (SSSR count). The minimum Gasteiger partial charge on any atom is -0.339 e. The lowest BCUT2D eigenvalue weighted by molar-refractivity contribution is 0.379. The second-order valence-corrected chi connectivity index (χ2v) is 4.63. The summed E-state index contributed by atoms with van der Waals surface area (Å²) in [4.78, 5) is 4.16. The maximum absolute atomic E-state index is 5.04. The van der Waals surface area contributed by atoms with Crippen LogP contribution < -0.4 is 0 Å². The van der Waals surface area contributed by atoms with Gasteiger partial charge in [-0.15, -0.1) is 0 Å². The van der Waals surface area contributed by atoms with Crippen molar-refractivity contribution in [2.45, 2.75) is 19.1 Å². The van der Waals surface area contributed by atoms with Crippen molar-refractivity contribution in [3.05, 3.63) is 47.6 Å². The van der Waals surface area contributed by atoms with Crippen LogP contribution in [0.25, 0.3) is 0 Å². The number of thioether (sulfide) groups is 1. The summed E-state index contributed by atoms with van der Waals surface area (Å²) >= 11 is 1.88. The largest absolute Gasteiger partial charge is 0.339 e. The van der Waals surface area contributed by atoms with Crippen molar-refractivity contribution in [2.24, 2.45) is 0 Å². The van der Waals surface area contributed by atoms with Crippen LogP contribution >= 0.6 is 11.8 Å². The predicted molar refractivity (Wildman–Crippen MR) is 65.3 cm³/mol. The summed E-state index contributed by atoms with van der Waals surface area (Å²) in [5.74, 6) is 3.49. The quantitative estimate of drug-likeness (QED) is 0.746. The van der Waals surface area contributed by atoms with Crippen molar-refractivity contribution >= 4 is 11.8 Å². The van der Waals surface area contributed by atoms with Crippen LogP contribution in [0, 0.1) is 6.92 Å². The second kappa shape index (κ2) is 5.70. The van der Waals surface area contributed by atoms with E-state index in [2.05, 4.69) is 34.4 Å². The van der Waals surface area contributed by atoms with Gasteiger partial charge in [-0.1, -0.05) is 35.5 Å². The zero-order valence-corrected chi connectivity index (χ0v) is 10.0. The average molecular weight is 234 g/mol. The SMILES string of the molecule is Cc1noc(CCSCc2ccccc2)n1. The maximum Gasteiger partial charge on any atom is 0.227 e. The summed E-state index contributed by atoms with van der Waals surface area (Å²) < 4.78 is 5.04. The van der Waals surface area contributed by atoms with Crippen molar-refractivity contribution in [3.63, 3.8) is 0 Å². The molecule has 0 saturated heterocycles. The van der Waals surface area contributed by atoms with Gasteiger partial charge in [-0.25, -0.2) is 0 Å². The van der Waals surface area contributed by atoms with Crippen molar-refractivity contribution < 1.29 is 4.52 Å². The first-order valence-corrected chi connectivity index (χ1v) is 6.41. The van der Waals surface area contributed by atoms with E-state index in [1.165, 1.54) is 5.56 Å². The van der Waals surface area contributed by atoms with Gasteiger partial charge in [0.2, 0.25) is 5.89 Å². The van der Waals surface area contributed by atoms with E-state index < -0.39 is 0 Å². The second-order valence-electron chi connectivity index (χ2n) is 3.52. The fourth-order valence-corrected chi connectivity index (χ4v) is 2.26.